The van der Waals surface area contributed by atoms with E-state index in [1.54, 1.807) is 12.1 Å². The molecule has 0 spiro atoms. The van der Waals surface area contributed by atoms with Crippen LogP contribution in [0.5, 0.6) is 11.5 Å². The fourth-order valence-electron chi connectivity index (χ4n) is 1.73. The Balaban J connectivity index is 2.22. The van der Waals surface area contributed by atoms with Crippen molar-refractivity contribution in [3.63, 3.8) is 0 Å². The molecule has 0 aliphatic heterocycles. The third-order valence-electron chi connectivity index (χ3n) is 2.66. The SMILES string of the molecule is COc1cc(C=O)cc(Cl)c1OCc1cccc(Cl)c1. The van der Waals surface area contributed by atoms with E-state index in [0.717, 1.165) is 5.56 Å². The van der Waals surface area contributed by atoms with Crippen LogP contribution in [-0.2, 0) is 6.61 Å². The Morgan fingerprint density at radius 2 is 2.00 bits per heavy atom. The number of carbonyl (C=O) groups excluding carboxylic acids is 1. The Morgan fingerprint density at radius 3 is 2.65 bits per heavy atom. The third-order valence-corrected chi connectivity index (χ3v) is 3.18. The van der Waals surface area contributed by atoms with Crippen molar-refractivity contribution in [1.29, 1.82) is 0 Å². The van der Waals surface area contributed by atoms with E-state index >= 15 is 0 Å². The molecule has 0 amide bonds. The first-order chi connectivity index (χ1) is 9.63. The van der Waals surface area contributed by atoms with E-state index in [1.165, 1.54) is 13.2 Å². The molecule has 0 fully saturated rings. The molecule has 0 radical (unpaired) electrons. The highest BCUT2D eigenvalue weighted by Gasteiger charge is 2.12. The second kappa shape index (κ2) is 6.64. The molecule has 0 saturated carbocycles. The number of carbonyl (C=O) groups is 1. The second-order valence-electron chi connectivity index (χ2n) is 4.07. The first kappa shape index (κ1) is 14.7. The number of benzene rings is 2. The largest absolute Gasteiger partial charge is 0.493 e. The summed E-state index contributed by atoms with van der Waals surface area (Å²) < 4.78 is 10.9. The van der Waals surface area contributed by atoms with E-state index in [9.17, 15) is 4.79 Å². The summed E-state index contributed by atoms with van der Waals surface area (Å²) in [6.07, 6.45) is 0.704. The summed E-state index contributed by atoms with van der Waals surface area (Å²) in [6, 6.07) is 10.4. The fraction of sp³-hybridized carbons (Fsp3) is 0.133. The fourth-order valence-corrected chi connectivity index (χ4v) is 2.22. The van der Waals surface area contributed by atoms with E-state index < -0.39 is 0 Å². The van der Waals surface area contributed by atoms with Gasteiger partial charge in [-0.05, 0) is 29.8 Å². The van der Waals surface area contributed by atoms with Gasteiger partial charge in [-0.15, -0.1) is 0 Å². The highest BCUT2D eigenvalue weighted by Crippen LogP contribution is 2.36. The molecule has 0 atom stereocenters. The standard InChI is InChI=1S/C15H12Cl2O3/c1-19-14-7-11(8-18)6-13(17)15(14)20-9-10-3-2-4-12(16)5-10/h2-8H,9H2,1H3. The molecule has 0 saturated heterocycles. The Bertz CT molecular complexity index is 627. The normalized spacial score (nSPS) is 10.2. The molecular weight excluding hydrogens is 299 g/mol. The summed E-state index contributed by atoms with van der Waals surface area (Å²) in [5.74, 6) is 0.821. The van der Waals surface area contributed by atoms with Crippen molar-refractivity contribution < 1.29 is 14.3 Å². The predicted molar refractivity (Wildman–Crippen MR) is 79.2 cm³/mol. The maximum atomic E-state index is 10.8. The number of halogens is 2. The maximum Gasteiger partial charge on any atom is 0.180 e. The molecule has 0 unspecified atom stereocenters. The number of rotatable bonds is 5. The molecule has 20 heavy (non-hydrogen) atoms. The lowest BCUT2D eigenvalue weighted by Gasteiger charge is -2.13. The molecule has 5 heteroatoms. The van der Waals surface area contributed by atoms with Crippen molar-refractivity contribution in [3.8, 4) is 11.5 Å². The topological polar surface area (TPSA) is 35.5 Å². The van der Waals surface area contributed by atoms with Crippen LogP contribution in [-0.4, -0.2) is 13.4 Å². The molecular formula is C15H12Cl2O3. The summed E-state index contributed by atoms with van der Waals surface area (Å²) in [7, 11) is 1.49. The second-order valence-corrected chi connectivity index (χ2v) is 4.91. The number of hydrogen-bond donors (Lipinski definition) is 0. The van der Waals surface area contributed by atoms with E-state index in [1.807, 2.05) is 18.2 Å². The molecule has 0 bridgehead atoms. The zero-order chi connectivity index (χ0) is 14.5. The molecule has 2 aromatic carbocycles. The van der Waals surface area contributed by atoms with Gasteiger partial charge < -0.3 is 9.47 Å². The van der Waals surface area contributed by atoms with Gasteiger partial charge in [-0.25, -0.2) is 0 Å². The lowest BCUT2D eigenvalue weighted by molar-refractivity contribution is 0.112. The van der Waals surface area contributed by atoms with Crippen LogP contribution in [0.3, 0.4) is 0 Å². The summed E-state index contributed by atoms with van der Waals surface area (Å²) >= 11 is 12.0. The third kappa shape index (κ3) is 3.44. The van der Waals surface area contributed by atoms with E-state index in [4.69, 9.17) is 32.7 Å². The van der Waals surface area contributed by atoms with Crippen LogP contribution < -0.4 is 9.47 Å². The number of methoxy groups -OCH3 is 1. The van der Waals surface area contributed by atoms with Gasteiger partial charge in [0.15, 0.2) is 11.5 Å². The average molecular weight is 311 g/mol. The number of ether oxygens (including phenoxy) is 2. The molecule has 0 aromatic heterocycles. The smallest absolute Gasteiger partial charge is 0.180 e. The van der Waals surface area contributed by atoms with Crippen molar-refractivity contribution >= 4 is 29.5 Å². The highest BCUT2D eigenvalue weighted by molar-refractivity contribution is 6.32. The van der Waals surface area contributed by atoms with Gasteiger partial charge in [-0.3, -0.25) is 4.79 Å². The number of hydrogen-bond acceptors (Lipinski definition) is 3. The van der Waals surface area contributed by atoms with Gasteiger partial charge in [0, 0.05) is 10.6 Å². The van der Waals surface area contributed by atoms with Crippen molar-refractivity contribution in [1.82, 2.24) is 0 Å². The van der Waals surface area contributed by atoms with Crippen LogP contribution >= 0.6 is 23.2 Å². The maximum absolute atomic E-state index is 10.8. The minimum atomic E-state index is 0.303. The zero-order valence-corrected chi connectivity index (χ0v) is 12.2. The molecule has 2 aromatic rings. The van der Waals surface area contributed by atoms with Crippen molar-refractivity contribution in [3.05, 3.63) is 57.6 Å². The van der Waals surface area contributed by atoms with E-state index in [-0.39, 0.29) is 0 Å². The van der Waals surface area contributed by atoms with Gasteiger partial charge in [0.2, 0.25) is 0 Å². The van der Waals surface area contributed by atoms with Gasteiger partial charge >= 0.3 is 0 Å². The lowest BCUT2D eigenvalue weighted by Crippen LogP contribution is -1.99. The minimum Gasteiger partial charge on any atom is -0.493 e. The molecule has 0 heterocycles. The van der Waals surface area contributed by atoms with Crippen molar-refractivity contribution in [2.24, 2.45) is 0 Å². The van der Waals surface area contributed by atoms with E-state index in [2.05, 4.69) is 0 Å². The Labute approximate surface area is 127 Å². The summed E-state index contributed by atoms with van der Waals surface area (Å²) in [5, 5.41) is 0.967. The van der Waals surface area contributed by atoms with Crippen LogP contribution in [0.2, 0.25) is 10.0 Å². The Kier molecular flexibility index (Phi) is 4.88. The molecule has 2 rings (SSSR count). The molecule has 0 N–H and O–H groups in total. The van der Waals surface area contributed by atoms with Gasteiger partial charge in [-0.2, -0.15) is 0 Å². The quantitative estimate of drug-likeness (QED) is 0.768. The summed E-state index contributed by atoms with van der Waals surface area (Å²) in [4.78, 5) is 10.8. The first-order valence-electron chi connectivity index (χ1n) is 5.84. The van der Waals surface area contributed by atoms with E-state index in [0.29, 0.717) is 40.0 Å². The van der Waals surface area contributed by atoms with Crippen LogP contribution in [0.4, 0.5) is 0 Å². The van der Waals surface area contributed by atoms with Crippen LogP contribution in [0.15, 0.2) is 36.4 Å². The van der Waals surface area contributed by atoms with Gasteiger partial charge in [0.1, 0.15) is 12.9 Å². The predicted octanol–water partition coefficient (Wildman–Crippen LogP) is 4.39. The zero-order valence-electron chi connectivity index (χ0n) is 10.7. The number of aldehydes is 1. The van der Waals surface area contributed by atoms with Gasteiger partial charge in [-0.1, -0.05) is 35.3 Å². The highest BCUT2D eigenvalue weighted by atomic mass is 35.5. The Morgan fingerprint density at radius 1 is 1.20 bits per heavy atom. The summed E-state index contributed by atoms with van der Waals surface area (Å²) in [5.41, 5.74) is 1.34. The van der Waals surface area contributed by atoms with Gasteiger partial charge in [0.05, 0.1) is 12.1 Å². The molecule has 3 nitrogen and oxygen atoms in total. The summed E-state index contributed by atoms with van der Waals surface area (Å²) in [6.45, 7) is 0.303. The Hall–Kier alpha value is -1.71. The lowest BCUT2D eigenvalue weighted by atomic mass is 10.2. The van der Waals surface area contributed by atoms with Crippen LogP contribution in [0.1, 0.15) is 15.9 Å². The van der Waals surface area contributed by atoms with Crippen molar-refractivity contribution in [2.45, 2.75) is 6.61 Å². The first-order valence-corrected chi connectivity index (χ1v) is 6.59. The molecule has 0 aliphatic carbocycles. The average Bonchev–Trinajstić information content (AvgIpc) is 2.45. The van der Waals surface area contributed by atoms with Crippen LogP contribution in [0, 0.1) is 0 Å². The minimum absolute atomic E-state index is 0.303. The van der Waals surface area contributed by atoms with Crippen molar-refractivity contribution in [2.75, 3.05) is 7.11 Å². The monoisotopic (exact) mass is 310 g/mol. The van der Waals surface area contributed by atoms with Crippen LogP contribution in [0.25, 0.3) is 0 Å². The molecule has 104 valence electrons. The molecule has 0 aliphatic rings. The van der Waals surface area contributed by atoms with Gasteiger partial charge in [0.25, 0.3) is 0 Å².